The summed E-state index contributed by atoms with van der Waals surface area (Å²) in [5.41, 5.74) is 1.28. The number of hydrogen-bond acceptors (Lipinski definition) is 2. The first-order valence-electron chi connectivity index (χ1n) is 6.50. The van der Waals surface area contributed by atoms with Crippen molar-refractivity contribution in [2.45, 2.75) is 40.3 Å². The molecule has 0 bridgehead atoms. The van der Waals surface area contributed by atoms with Gasteiger partial charge in [0.25, 0.3) is 5.91 Å². The van der Waals surface area contributed by atoms with Gasteiger partial charge in [-0.05, 0) is 26.0 Å². The van der Waals surface area contributed by atoms with Gasteiger partial charge in [0, 0.05) is 17.6 Å². The molecule has 0 aliphatic carbocycles. The minimum absolute atomic E-state index is 0.0494. The summed E-state index contributed by atoms with van der Waals surface area (Å²) in [6.45, 7) is 11.3. The molecule has 0 saturated carbocycles. The third-order valence-electron chi connectivity index (χ3n) is 4.10. The summed E-state index contributed by atoms with van der Waals surface area (Å²) in [6.07, 6.45) is 0. The normalized spacial score (nSPS) is 23.6. The lowest BCUT2D eigenvalue weighted by atomic mass is 9.78. The average Bonchev–Trinajstić information content (AvgIpc) is 2.28. The molecule has 1 aromatic rings. The zero-order valence-corrected chi connectivity index (χ0v) is 11.9. The highest BCUT2D eigenvalue weighted by Gasteiger charge is 2.47. The number of amides is 1. The first-order chi connectivity index (χ1) is 8.31. The van der Waals surface area contributed by atoms with Crippen molar-refractivity contribution in [2.24, 2.45) is 5.41 Å². The van der Waals surface area contributed by atoms with Crippen LogP contribution in [0.4, 0.5) is 5.69 Å². The molecule has 1 aliphatic heterocycles. The van der Waals surface area contributed by atoms with Gasteiger partial charge in [0.05, 0.1) is 5.56 Å². The minimum atomic E-state index is -0.368. The number of anilines is 1. The second-order valence-corrected chi connectivity index (χ2v) is 6.04. The van der Waals surface area contributed by atoms with Crippen LogP contribution in [0.5, 0.6) is 0 Å². The van der Waals surface area contributed by atoms with Gasteiger partial charge >= 0.3 is 0 Å². The van der Waals surface area contributed by atoms with E-state index in [1.807, 2.05) is 36.1 Å². The number of carbonyl (C=O) groups excluding carboxylic acids is 1. The summed E-state index contributed by atoms with van der Waals surface area (Å²) in [5.74, 6) is 0.115. The summed E-state index contributed by atoms with van der Waals surface area (Å²) in [4.78, 5) is 14.5. The molecule has 2 rings (SSSR count). The van der Waals surface area contributed by atoms with E-state index >= 15 is 0 Å². The summed E-state index contributed by atoms with van der Waals surface area (Å²) in [5, 5.41) is 3.55. The molecule has 1 aromatic carbocycles. The van der Waals surface area contributed by atoms with Gasteiger partial charge in [-0.3, -0.25) is 4.79 Å². The van der Waals surface area contributed by atoms with Crippen LogP contribution in [0.2, 0.25) is 0 Å². The fraction of sp³-hybridized carbons (Fsp3) is 0.533. The summed E-state index contributed by atoms with van der Waals surface area (Å²) in [6, 6.07) is 7.73. The van der Waals surface area contributed by atoms with Crippen LogP contribution in [0, 0.1) is 5.41 Å². The van der Waals surface area contributed by atoms with Crippen LogP contribution in [-0.2, 0) is 0 Å². The molecule has 0 radical (unpaired) electrons. The molecule has 1 atom stereocenters. The highest BCUT2D eigenvalue weighted by molar-refractivity contribution is 6.02. The molecule has 1 N–H and O–H groups in total. The molecule has 0 fully saturated rings. The minimum Gasteiger partial charge on any atom is -0.362 e. The maximum Gasteiger partial charge on any atom is 0.257 e. The smallest absolute Gasteiger partial charge is 0.257 e. The van der Waals surface area contributed by atoms with Gasteiger partial charge in [-0.1, -0.05) is 32.9 Å². The lowest BCUT2D eigenvalue weighted by Gasteiger charge is -2.53. The lowest BCUT2D eigenvalue weighted by molar-refractivity contribution is 0.0222. The Kier molecular flexibility index (Phi) is 2.88. The monoisotopic (exact) mass is 246 g/mol. The van der Waals surface area contributed by atoms with Crippen LogP contribution in [-0.4, -0.2) is 23.0 Å². The number of fused-ring (bicyclic) bond motifs is 1. The molecule has 3 heteroatoms. The number of rotatable bonds is 1. The Hall–Kier alpha value is -1.51. The third kappa shape index (κ3) is 1.69. The lowest BCUT2D eigenvalue weighted by Crippen LogP contribution is -2.64. The molecule has 0 saturated heterocycles. The predicted molar refractivity (Wildman–Crippen MR) is 74.6 cm³/mol. The van der Waals surface area contributed by atoms with E-state index in [-0.39, 0.29) is 17.0 Å². The van der Waals surface area contributed by atoms with Crippen LogP contribution in [0.25, 0.3) is 0 Å². The number of nitrogens with zero attached hydrogens (tertiary/aromatic N) is 1. The summed E-state index contributed by atoms with van der Waals surface area (Å²) >= 11 is 0. The highest BCUT2D eigenvalue weighted by atomic mass is 16.2. The second kappa shape index (κ2) is 4.01. The number of benzene rings is 1. The number of nitrogens with one attached hydrogen (secondary N) is 1. The first-order valence-corrected chi connectivity index (χ1v) is 6.50. The van der Waals surface area contributed by atoms with Crippen molar-refractivity contribution in [3.63, 3.8) is 0 Å². The van der Waals surface area contributed by atoms with Crippen molar-refractivity contribution in [1.82, 2.24) is 4.90 Å². The maximum atomic E-state index is 12.6. The molecular weight excluding hydrogens is 224 g/mol. The molecule has 0 spiro atoms. The Bertz CT molecular complexity index is 476. The van der Waals surface area contributed by atoms with E-state index in [9.17, 15) is 4.79 Å². The Morgan fingerprint density at radius 3 is 2.44 bits per heavy atom. The van der Waals surface area contributed by atoms with Crippen molar-refractivity contribution >= 4 is 11.6 Å². The molecule has 1 aliphatic rings. The number of carbonyl (C=O) groups is 1. The quantitative estimate of drug-likeness (QED) is 0.824. The van der Waals surface area contributed by atoms with Crippen molar-refractivity contribution < 1.29 is 4.79 Å². The predicted octanol–water partition coefficient (Wildman–Crippen LogP) is 3.34. The Morgan fingerprint density at radius 1 is 1.28 bits per heavy atom. The zero-order valence-electron chi connectivity index (χ0n) is 11.9. The fourth-order valence-electron chi connectivity index (χ4n) is 2.51. The standard InChI is InChI=1S/C15H22N2O/c1-6-17-13(18)11-9-7-8-10-12(11)16-15(17,5)14(2,3)4/h7-10,16H,6H2,1-5H3. The topological polar surface area (TPSA) is 32.3 Å². The van der Waals surface area contributed by atoms with Crippen LogP contribution in [0.15, 0.2) is 24.3 Å². The van der Waals surface area contributed by atoms with E-state index in [1.165, 1.54) is 0 Å². The molecule has 98 valence electrons. The third-order valence-corrected chi connectivity index (χ3v) is 4.10. The van der Waals surface area contributed by atoms with E-state index < -0.39 is 0 Å². The van der Waals surface area contributed by atoms with Gasteiger partial charge in [-0.2, -0.15) is 0 Å². The summed E-state index contributed by atoms with van der Waals surface area (Å²) < 4.78 is 0. The van der Waals surface area contributed by atoms with Gasteiger partial charge < -0.3 is 10.2 Å². The largest absolute Gasteiger partial charge is 0.362 e. The van der Waals surface area contributed by atoms with E-state index in [4.69, 9.17) is 0 Å². The Balaban J connectivity index is 2.57. The van der Waals surface area contributed by atoms with Gasteiger partial charge in [0.15, 0.2) is 0 Å². The molecular formula is C15H22N2O. The van der Waals surface area contributed by atoms with Crippen LogP contribution >= 0.6 is 0 Å². The van der Waals surface area contributed by atoms with Gasteiger partial charge in [0.1, 0.15) is 5.66 Å². The molecule has 1 heterocycles. The SMILES string of the molecule is CCN1C(=O)c2ccccc2NC1(C)C(C)(C)C. The molecule has 0 aromatic heterocycles. The maximum absolute atomic E-state index is 12.6. The van der Waals surface area contributed by atoms with E-state index in [2.05, 4.69) is 33.0 Å². The zero-order chi connectivity index (χ0) is 13.6. The van der Waals surface area contributed by atoms with Gasteiger partial charge in [-0.25, -0.2) is 0 Å². The number of para-hydroxylation sites is 1. The van der Waals surface area contributed by atoms with Crippen molar-refractivity contribution in [3.8, 4) is 0 Å². The average molecular weight is 246 g/mol. The van der Waals surface area contributed by atoms with Crippen LogP contribution < -0.4 is 5.32 Å². The fourth-order valence-corrected chi connectivity index (χ4v) is 2.51. The number of hydrogen-bond donors (Lipinski definition) is 1. The first kappa shape index (κ1) is 12.9. The van der Waals surface area contributed by atoms with E-state index in [0.717, 1.165) is 11.3 Å². The van der Waals surface area contributed by atoms with Crippen molar-refractivity contribution in [1.29, 1.82) is 0 Å². The van der Waals surface area contributed by atoms with Crippen molar-refractivity contribution in [2.75, 3.05) is 11.9 Å². The molecule has 1 amide bonds. The van der Waals surface area contributed by atoms with E-state index in [0.29, 0.717) is 6.54 Å². The van der Waals surface area contributed by atoms with Crippen molar-refractivity contribution in [3.05, 3.63) is 29.8 Å². The summed E-state index contributed by atoms with van der Waals surface area (Å²) in [7, 11) is 0. The van der Waals surface area contributed by atoms with Crippen LogP contribution in [0.3, 0.4) is 0 Å². The second-order valence-electron chi connectivity index (χ2n) is 6.04. The molecule has 18 heavy (non-hydrogen) atoms. The van der Waals surface area contributed by atoms with E-state index in [1.54, 1.807) is 0 Å². The van der Waals surface area contributed by atoms with Crippen LogP contribution in [0.1, 0.15) is 45.0 Å². The Morgan fingerprint density at radius 2 is 1.89 bits per heavy atom. The molecule has 3 nitrogen and oxygen atoms in total. The Labute approximate surface area is 109 Å². The van der Waals surface area contributed by atoms with Gasteiger partial charge in [0.2, 0.25) is 0 Å². The highest BCUT2D eigenvalue weighted by Crippen LogP contribution is 2.41. The van der Waals surface area contributed by atoms with Gasteiger partial charge in [-0.15, -0.1) is 0 Å². The molecule has 1 unspecified atom stereocenters.